The molecule has 0 spiro atoms. The summed E-state index contributed by atoms with van der Waals surface area (Å²) in [4.78, 5) is 19.7. The number of nitrogens with one attached hydrogen (secondary N) is 2. The fourth-order valence-corrected chi connectivity index (χ4v) is 3.34. The predicted molar refractivity (Wildman–Crippen MR) is 107 cm³/mol. The molecule has 0 aliphatic rings. The van der Waals surface area contributed by atoms with Crippen molar-refractivity contribution in [3.8, 4) is 0 Å². The molecule has 4 rings (SSSR count). The second-order valence-electron chi connectivity index (χ2n) is 5.71. The highest BCUT2D eigenvalue weighted by Crippen LogP contribution is 2.19. The molecule has 0 aliphatic heterocycles. The Morgan fingerprint density at radius 2 is 1.96 bits per heavy atom. The highest BCUT2D eigenvalue weighted by molar-refractivity contribution is 7.99. The lowest BCUT2D eigenvalue weighted by Gasteiger charge is -2.02. The third kappa shape index (κ3) is 3.60. The number of carbonyl (C=O) groups is 1. The van der Waals surface area contributed by atoms with Crippen LogP contribution in [-0.2, 0) is 4.79 Å². The van der Waals surface area contributed by atoms with E-state index in [9.17, 15) is 4.79 Å². The Morgan fingerprint density at radius 1 is 1.12 bits per heavy atom. The summed E-state index contributed by atoms with van der Waals surface area (Å²) in [5.74, 6) is 0.0948. The molecule has 2 heterocycles. The molecule has 0 saturated carbocycles. The maximum atomic E-state index is 12.0. The van der Waals surface area contributed by atoms with Gasteiger partial charge >= 0.3 is 0 Å². The summed E-state index contributed by atoms with van der Waals surface area (Å²) in [6.45, 7) is 0. The van der Waals surface area contributed by atoms with E-state index >= 15 is 0 Å². The summed E-state index contributed by atoms with van der Waals surface area (Å²) < 4.78 is 0. The van der Waals surface area contributed by atoms with E-state index in [1.54, 1.807) is 6.21 Å². The van der Waals surface area contributed by atoms with Crippen molar-refractivity contribution in [2.75, 3.05) is 5.75 Å². The second kappa shape index (κ2) is 7.41. The van der Waals surface area contributed by atoms with Crippen molar-refractivity contribution in [1.82, 2.24) is 15.4 Å². The minimum absolute atomic E-state index is 0.166. The number of benzene rings is 2. The minimum Gasteiger partial charge on any atom is -0.361 e. The van der Waals surface area contributed by atoms with Crippen molar-refractivity contribution in [1.29, 1.82) is 0 Å². The normalized spacial score (nSPS) is 11.4. The molecule has 2 N–H and O–H groups in total. The summed E-state index contributed by atoms with van der Waals surface area (Å²) in [6.07, 6.45) is 3.52. The van der Waals surface area contributed by atoms with Gasteiger partial charge in [0.1, 0.15) is 0 Å². The molecule has 2 aromatic carbocycles. The molecule has 5 nitrogen and oxygen atoms in total. The largest absolute Gasteiger partial charge is 0.361 e. The Kier molecular flexibility index (Phi) is 4.66. The lowest BCUT2D eigenvalue weighted by molar-refractivity contribution is -0.118. The molecule has 6 heteroatoms. The van der Waals surface area contributed by atoms with Crippen LogP contribution >= 0.6 is 11.8 Å². The topological polar surface area (TPSA) is 70.1 Å². The predicted octanol–water partition coefficient (Wildman–Crippen LogP) is 3.96. The van der Waals surface area contributed by atoms with E-state index in [-0.39, 0.29) is 11.7 Å². The van der Waals surface area contributed by atoms with Crippen molar-refractivity contribution >= 4 is 45.7 Å². The molecule has 0 atom stereocenters. The number of hydrazone groups is 1. The van der Waals surface area contributed by atoms with E-state index in [0.717, 1.165) is 32.4 Å². The first kappa shape index (κ1) is 16.4. The summed E-state index contributed by atoms with van der Waals surface area (Å²) >= 11 is 1.39. The van der Waals surface area contributed by atoms with Crippen molar-refractivity contribution in [3.63, 3.8) is 0 Å². The number of amides is 1. The molecule has 0 saturated heterocycles. The smallest absolute Gasteiger partial charge is 0.250 e. The number of rotatable bonds is 5. The zero-order valence-electron chi connectivity index (χ0n) is 13.8. The quantitative estimate of drug-likeness (QED) is 0.321. The van der Waals surface area contributed by atoms with Gasteiger partial charge in [-0.25, -0.2) is 10.4 Å². The first-order chi connectivity index (χ1) is 12.8. The van der Waals surface area contributed by atoms with Gasteiger partial charge in [-0.2, -0.15) is 5.10 Å². The Bertz CT molecular complexity index is 1100. The maximum absolute atomic E-state index is 12.0. The Morgan fingerprint density at radius 3 is 2.92 bits per heavy atom. The zero-order valence-corrected chi connectivity index (χ0v) is 14.7. The van der Waals surface area contributed by atoms with Crippen LogP contribution in [0.2, 0.25) is 0 Å². The van der Waals surface area contributed by atoms with E-state index in [1.165, 1.54) is 11.8 Å². The number of nitrogens with zero attached hydrogens (tertiary/aromatic N) is 2. The monoisotopic (exact) mass is 360 g/mol. The second-order valence-corrected chi connectivity index (χ2v) is 6.71. The van der Waals surface area contributed by atoms with Crippen LogP contribution in [0.4, 0.5) is 0 Å². The van der Waals surface area contributed by atoms with Crippen molar-refractivity contribution < 1.29 is 4.79 Å². The molecular formula is C20H16N4OS. The molecule has 4 aromatic rings. The fraction of sp³-hybridized carbons (Fsp3) is 0.0500. The van der Waals surface area contributed by atoms with Gasteiger partial charge in [-0.1, -0.05) is 54.2 Å². The van der Waals surface area contributed by atoms with Gasteiger partial charge in [0.25, 0.3) is 0 Å². The Balaban J connectivity index is 1.34. The van der Waals surface area contributed by atoms with Crippen LogP contribution in [0.25, 0.3) is 21.8 Å². The lowest BCUT2D eigenvalue weighted by atomic mass is 10.2. The molecular weight excluding hydrogens is 344 g/mol. The van der Waals surface area contributed by atoms with Crippen LogP contribution in [0.15, 0.2) is 77.0 Å². The number of fused-ring (bicyclic) bond motifs is 2. The highest BCUT2D eigenvalue weighted by atomic mass is 32.2. The Labute approximate surface area is 154 Å². The van der Waals surface area contributed by atoms with Crippen LogP contribution in [0.1, 0.15) is 5.56 Å². The van der Waals surface area contributed by atoms with E-state index < -0.39 is 0 Å². The van der Waals surface area contributed by atoms with Gasteiger partial charge in [0.05, 0.1) is 22.5 Å². The number of aromatic amines is 1. The molecule has 128 valence electrons. The molecule has 1 amide bonds. The van der Waals surface area contributed by atoms with Crippen molar-refractivity contribution in [2.24, 2.45) is 5.10 Å². The first-order valence-corrected chi connectivity index (χ1v) is 9.15. The number of thioether (sulfide) groups is 1. The molecule has 0 aliphatic carbocycles. The fourth-order valence-electron chi connectivity index (χ4n) is 2.67. The summed E-state index contributed by atoms with van der Waals surface area (Å²) in [7, 11) is 0. The number of H-pyrrole nitrogens is 1. The number of para-hydroxylation sites is 2. The first-order valence-electron chi connectivity index (χ1n) is 8.16. The summed E-state index contributed by atoms with van der Waals surface area (Å²) in [5.41, 5.74) is 5.46. The minimum atomic E-state index is -0.166. The number of hydrogen-bond donors (Lipinski definition) is 2. The van der Waals surface area contributed by atoms with Gasteiger partial charge in [-0.3, -0.25) is 4.79 Å². The van der Waals surface area contributed by atoms with Gasteiger partial charge in [-0.15, -0.1) is 0 Å². The summed E-state index contributed by atoms with van der Waals surface area (Å²) in [5, 5.41) is 7.02. The molecule has 0 unspecified atom stereocenters. The number of pyridine rings is 1. The lowest BCUT2D eigenvalue weighted by Crippen LogP contribution is -2.19. The SMILES string of the molecule is O=C(CSc1ccc2ccccc2n1)N/N=C\c1c[nH]c2ccccc12. The van der Waals surface area contributed by atoms with E-state index in [4.69, 9.17) is 0 Å². The maximum Gasteiger partial charge on any atom is 0.250 e. The summed E-state index contributed by atoms with van der Waals surface area (Å²) in [6, 6.07) is 19.8. The van der Waals surface area contributed by atoms with E-state index in [0.29, 0.717) is 0 Å². The van der Waals surface area contributed by atoms with Gasteiger partial charge in [-0.05, 0) is 18.2 Å². The van der Waals surface area contributed by atoms with Crippen LogP contribution in [0, 0.1) is 0 Å². The average Bonchev–Trinajstić information content (AvgIpc) is 3.09. The van der Waals surface area contributed by atoms with Gasteiger partial charge in [0, 0.05) is 28.0 Å². The van der Waals surface area contributed by atoms with Gasteiger partial charge in [0.15, 0.2) is 0 Å². The molecule has 0 fully saturated rings. The van der Waals surface area contributed by atoms with Crippen LogP contribution < -0.4 is 5.43 Å². The zero-order chi connectivity index (χ0) is 17.8. The van der Waals surface area contributed by atoms with Gasteiger partial charge in [0.2, 0.25) is 5.91 Å². The standard InChI is InChI=1S/C20H16N4OS/c25-19(13-26-20-10-9-14-5-1-3-7-17(14)23-20)24-22-12-15-11-21-18-8-4-2-6-16(15)18/h1-12,21H,13H2,(H,24,25)/b22-12-. The molecule has 26 heavy (non-hydrogen) atoms. The van der Waals surface area contributed by atoms with Crippen LogP contribution in [0.3, 0.4) is 0 Å². The number of carbonyl (C=O) groups excluding carboxylic acids is 1. The molecule has 0 radical (unpaired) electrons. The Hall–Kier alpha value is -3.12. The van der Waals surface area contributed by atoms with E-state index in [1.807, 2.05) is 66.9 Å². The highest BCUT2D eigenvalue weighted by Gasteiger charge is 2.04. The van der Waals surface area contributed by atoms with E-state index in [2.05, 4.69) is 20.5 Å². The molecule has 2 aromatic heterocycles. The average molecular weight is 360 g/mol. The van der Waals surface area contributed by atoms with Crippen LogP contribution in [0.5, 0.6) is 0 Å². The number of aromatic nitrogens is 2. The molecule has 0 bridgehead atoms. The third-order valence-corrected chi connectivity index (χ3v) is 4.87. The third-order valence-electron chi connectivity index (χ3n) is 3.94. The van der Waals surface area contributed by atoms with Crippen LogP contribution in [-0.4, -0.2) is 27.8 Å². The van der Waals surface area contributed by atoms with Gasteiger partial charge < -0.3 is 4.98 Å². The number of hydrogen-bond acceptors (Lipinski definition) is 4. The van der Waals surface area contributed by atoms with Crippen molar-refractivity contribution in [2.45, 2.75) is 5.03 Å². The van der Waals surface area contributed by atoms with Crippen molar-refractivity contribution in [3.05, 3.63) is 72.4 Å².